The van der Waals surface area contributed by atoms with Crippen molar-refractivity contribution in [3.63, 3.8) is 0 Å². The number of carboxylic acid groups (broad SMARTS) is 1. The molecule has 0 radical (unpaired) electrons. The molecule has 2 aromatic rings. The van der Waals surface area contributed by atoms with Gasteiger partial charge in [-0.15, -0.1) is 0 Å². The van der Waals surface area contributed by atoms with Crippen molar-refractivity contribution >= 4 is 75.6 Å². The predicted molar refractivity (Wildman–Crippen MR) is 91.1 cm³/mol. The topological polar surface area (TPSA) is 50.2 Å². The largest absolute Gasteiger partial charge is 0.481 e. The second-order valence-corrected chi connectivity index (χ2v) is 6.41. The van der Waals surface area contributed by atoms with E-state index in [4.69, 9.17) is 74.7 Å². The number of aliphatic carboxylic acids is 1. The Morgan fingerprint density at radius 1 is 0.909 bits per heavy atom. The van der Waals surface area contributed by atoms with E-state index in [0.717, 1.165) is 0 Å². The van der Waals surface area contributed by atoms with Gasteiger partial charge in [0.1, 0.15) is 5.15 Å². The summed E-state index contributed by atoms with van der Waals surface area (Å²) in [4.78, 5) is 14.8. The molecule has 0 saturated carbocycles. The highest BCUT2D eigenvalue weighted by atomic mass is 35.5. The van der Waals surface area contributed by atoms with Gasteiger partial charge in [-0.05, 0) is 6.07 Å². The van der Waals surface area contributed by atoms with E-state index >= 15 is 0 Å². The number of rotatable bonds is 3. The minimum Gasteiger partial charge on any atom is -0.481 e. The molecular weight excluding hydrogens is 415 g/mol. The highest BCUT2D eigenvalue weighted by molar-refractivity contribution is 6.56. The Balaban J connectivity index is 2.63. The van der Waals surface area contributed by atoms with Crippen molar-refractivity contribution in [3.05, 3.63) is 48.0 Å². The molecule has 0 bridgehead atoms. The first-order valence-electron chi connectivity index (χ1n) is 5.63. The van der Waals surface area contributed by atoms with Crippen LogP contribution >= 0.6 is 69.6 Å². The molecule has 1 aromatic heterocycles. The number of carboxylic acids is 1. The Bertz CT molecular complexity index is 749. The van der Waals surface area contributed by atoms with Gasteiger partial charge in [-0.25, -0.2) is 4.98 Å². The summed E-state index contributed by atoms with van der Waals surface area (Å²) in [7, 11) is 0. The zero-order chi connectivity index (χ0) is 16.6. The molecule has 0 spiro atoms. The minimum absolute atomic E-state index is 0.0224. The first-order chi connectivity index (χ1) is 10.2. The Hall–Kier alpha value is -0.420. The second-order valence-electron chi connectivity index (χ2n) is 4.16. The van der Waals surface area contributed by atoms with Crippen LogP contribution in [-0.4, -0.2) is 16.1 Å². The van der Waals surface area contributed by atoms with E-state index in [1.54, 1.807) is 0 Å². The summed E-state index contributed by atoms with van der Waals surface area (Å²) in [6, 6.07) is 3.04. The van der Waals surface area contributed by atoms with E-state index in [9.17, 15) is 4.79 Å². The summed E-state index contributed by atoms with van der Waals surface area (Å²) in [6.45, 7) is 0. The molecule has 1 N–H and O–H groups in total. The van der Waals surface area contributed by atoms with Crippen LogP contribution in [0.25, 0.3) is 11.3 Å². The zero-order valence-corrected chi connectivity index (χ0v) is 15.0. The third kappa shape index (κ3) is 3.40. The van der Waals surface area contributed by atoms with Crippen LogP contribution in [0.5, 0.6) is 0 Å². The Kier molecular flexibility index (Phi) is 5.70. The lowest BCUT2D eigenvalue weighted by atomic mass is 10.1. The molecule has 0 aliphatic rings. The molecule has 0 unspecified atom stereocenters. The quantitative estimate of drug-likeness (QED) is 0.361. The molecule has 2 rings (SSSR count). The van der Waals surface area contributed by atoms with E-state index in [1.807, 2.05) is 0 Å². The fourth-order valence-electron chi connectivity index (χ4n) is 1.73. The van der Waals surface area contributed by atoms with Crippen molar-refractivity contribution in [2.75, 3.05) is 0 Å². The average Bonchev–Trinajstić information content (AvgIpc) is 2.45. The molecule has 1 heterocycles. The Labute approximate surface area is 155 Å². The minimum atomic E-state index is -1.02. The van der Waals surface area contributed by atoms with Gasteiger partial charge in [-0.2, -0.15) is 0 Å². The maximum absolute atomic E-state index is 10.7. The summed E-state index contributed by atoms with van der Waals surface area (Å²) in [5.74, 6) is -1.02. The van der Waals surface area contributed by atoms with E-state index in [0.29, 0.717) is 11.3 Å². The van der Waals surface area contributed by atoms with Gasteiger partial charge in [0.05, 0.1) is 37.2 Å². The average molecular weight is 420 g/mol. The number of carbonyl (C=O) groups is 1. The van der Waals surface area contributed by atoms with Gasteiger partial charge < -0.3 is 5.11 Å². The molecule has 3 nitrogen and oxygen atoms in total. The highest BCUT2D eigenvalue weighted by Gasteiger charge is 2.22. The number of benzene rings is 1. The maximum Gasteiger partial charge on any atom is 0.307 e. The Morgan fingerprint density at radius 2 is 1.41 bits per heavy atom. The molecule has 0 saturated heterocycles. The molecule has 9 heteroatoms. The van der Waals surface area contributed by atoms with E-state index in [-0.39, 0.29) is 42.3 Å². The van der Waals surface area contributed by atoms with Crippen LogP contribution in [0, 0.1) is 0 Å². The molecule has 0 aliphatic heterocycles. The van der Waals surface area contributed by atoms with Crippen molar-refractivity contribution in [1.29, 1.82) is 0 Å². The molecule has 0 amide bonds. The number of hydrogen-bond acceptors (Lipinski definition) is 2. The van der Waals surface area contributed by atoms with Crippen molar-refractivity contribution in [3.8, 4) is 11.3 Å². The van der Waals surface area contributed by atoms with Gasteiger partial charge in [-0.3, -0.25) is 4.79 Å². The van der Waals surface area contributed by atoms with E-state index in [1.165, 1.54) is 12.1 Å². The number of hydrogen-bond donors (Lipinski definition) is 1. The van der Waals surface area contributed by atoms with Crippen molar-refractivity contribution in [2.45, 2.75) is 6.42 Å². The van der Waals surface area contributed by atoms with Crippen LogP contribution in [-0.2, 0) is 11.2 Å². The lowest BCUT2D eigenvalue weighted by molar-refractivity contribution is -0.136. The second kappa shape index (κ2) is 7.00. The van der Waals surface area contributed by atoms with E-state index < -0.39 is 5.97 Å². The molecule has 0 atom stereocenters. The molecule has 0 fully saturated rings. The van der Waals surface area contributed by atoms with Crippen LogP contribution in [0.3, 0.4) is 0 Å². The number of halogens is 6. The number of aromatic nitrogens is 1. The smallest absolute Gasteiger partial charge is 0.307 e. The van der Waals surface area contributed by atoms with Gasteiger partial charge in [0.25, 0.3) is 0 Å². The zero-order valence-electron chi connectivity index (χ0n) is 10.4. The van der Waals surface area contributed by atoms with Crippen LogP contribution in [0.15, 0.2) is 12.1 Å². The summed E-state index contributed by atoms with van der Waals surface area (Å²) in [5, 5.41) is 9.09. The summed E-state index contributed by atoms with van der Waals surface area (Å²) >= 11 is 36.2. The van der Waals surface area contributed by atoms with Crippen molar-refractivity contribution in [2.24, 2.45) is 0 Å². The van der Waals surface area contributed by atoms with E-state index in [2.05, 4.69) is 4.98 Å². The molecule has 0 aliphatic carbocycles. The Morgan fingerprint density at radius 3 is 1.86 bits per heavy atom. The molecule has 22 heavy (non-hydrogen) atoms. The standard InChI is InChI=1S/C13H5Cl6NO2/c14-8-7(9(15)11(17)12(18)10(8)16)5-2-1-4(3-6(21)22)13(19)20-5/h1-2H,3H2,(H,21,22). The third-order valence-corrected chi connectivity index (χ3v) is 5.34. The molecular formula is C13H5Cl6NO2. The predicted octanol–water partition coefficient (Wildman–Crippen LogP) is 6.30. The normalized spacial score (nSPS) is 10.8. The van der Waals surface area contributed by atoms with Crippen LogP contribution in [0.1, 0.15) is 5.56 Å². The van der Waals surface area contributed by atoms with Gasteiger partial charge in [0.15, 0.2) is 0 Å². The third-order valence-electron chi connectivity index (χ3n) is 2.73. The fourth-order valence-corrected chi connectivity index (χ4v) is 3.28. The lowest BCUT2D eigenvalue weighted by Gasteiger charge is -2.13. The fraction of sp³-hybridized carbons (Fsp3) is 0.0769. The monoisotopic (exact) mass is 417 g/mol. The number of pyridine rings is 1. The SMILES string of the molecule is O=C(O)Cc1ccc(-c2c(Cl)c(Cl)c(Cl)c(Cl)c2Cl)nc1Cl. The molecule has 116 valence electrons. The molecule has 1 aromatic carbocycles. The van der Waals surface area contributed by atoms with Gasteiger partial charge in [0, 0.05) is 11.1 Å². The van der Waals surface area contributed by atoms with Crippen LogP contribution < -0.4 is 0 Å². The van der Waals surface area contributed by atoms with Gasteiger partial charge in [-0.1, -0.05) is 75.7 Å². The van der Waals surface area contributed by atoms with Gasteiger partial charge in [0.2, 0.25) is 0 Å². The van der Waals surface area contributed by atoms with Crippen molar-refractivity contribution in [1.82, 2.24) is 4.98 Å². The van der Waals surface area contributed by atoms with Crippen LogP contribution in [0.2, 0.25) is 30.3 Å². The highest BCUT2D eigenvalue weighted by Crippen LogP contribution is 2.47. The number of nitrogens with zero attached hydrogens (tertiary/aromatic N) is 1. The van der Waals surface area contributed by atoms with Crippen molar-refractivity contribution < 1.29 is 9.90 Å². The summed E-state index contributed by atoms with van der Waals surface area (Å²) in [6.07, 6.45) is -0.254. The van der Waals surface area contributed by atoms with Gasteiger partial charge >= 0.3 is 5.97 Å². The van der Waals surface area contributed by atoms with Crippen LogP contribution in [0.4, 0.5) is 0 Å². The summed E-state index contributed by atoms with van der Waals surface area (Å²) in [5.41, 5.74) is 0.928. The first-order valence-corrected chi connectivity index (χ1v) is 7.89. The summed E-state index contributed by atoms with van der Waals surface area (Å²) < 4.78 is 0. The maximum atomic E-state index is 10.7. The first kappa shape index (κ1) is 17.9. The lowest BCUT2D eigenvalue weighted by Crippen LogP contribution is -2.02.